The molecule has 4 nitrogen and oxygen atoms in total. The number of nitrogens with zero attached hydrogens (tertiary/aromatic N) is 1. The highest BCUT2D eigenvalue weighted by Crippen LogP contribution is 2.27. The van der Waals surface area contributed by atoms with Crippen LogP contribution in [0.2, 0.25) is 0 Å². The van der Waals surface area contributed by atoms with E-state index in [4.69, 9.17) is 10.5 Å². The van der Waals surface area contributed by atoms with Gasteiger partial charge >= 0.3 is 0 Å². The van der Waals surface area contributed by atoms with Crippen molar-refractivity contribution in [3.05, 3.63) is 28.8 Å². The van der Waals surface area contributed by atoms with Gasteiger partial charge in [-0.1, -0.05) is 12.1 Å². The van der Waals surface area contributed by atoms with Gasteiger partial charge in [0.15, 0.2) is 6.10 Å². The number of rotatable bonds is 3. The van der Waals surface area contributed by atoms with Crippen LogP contribution in [0.3, 0.4) is 0 Å². The average molecular weight is 248 g/mol. The Morgan fingerprint density at radius 2 is 2.00 bits per heavy atom. The number of likely N-dealkylation sites (N-methyl/N-ethyl adjacent to an activating group) is 1. The summed E-state index contributed by atoms with van der Waals surface area (Å²) >= 11 is 0. The Hall–Kier alpha value is -1.55. The summed E-state index contributed by atoms with van der Waals surface area (Å²) in [6, 6.07) is 4.04. The molecular weight excluding hydrogens is 228 g/mol. The first-order valence-electron chi connectivity index (χ1n) is 6.24. The van der Waals surface area contributed by atoms with Crippen LogP contribution in [0.4, 0.5) is 0 Å². The van der Waals surface area contributed by atoms with E-state index in [0.717, 1.165) is 35.4 Å². The minimum Gasteiger partial charge on any atom is -0.480 e. The van der Waals surface area contributed by atoms with Crippen LogP contribution in [0.1, 0.15) is 23.1 Å². The predicted molar refractivity (Wildman–Crippen MR) is 70.5 cm³/mol. The van der Waals surface area contributed by atoms with E-state index in [2.05, 4.69) is 0 Å². The maximum Gasteiger partial charge on any atom is 0.263 e. The fourth-order valence-corrected chi connectivity index (χ4v) is 2.39. The molecule has 1 unspecified atom stereocenters. The van der Waals surface area contributed by atoms with Crippen molar-refractivity contribution in [2.75, 3.05) is 13.6 Å². The molecule has 1 aromatic carbocycles. The Morgan fingerprint density at radius 3 is 2.44 bits per heavy atom. The maximum absolute atomic E-state index is 11.8. The SMILES string of the molecule is Cc1cc(CN)cc(C)c1OC1CCN(C)C1=O. The van der Waals surface area contributed by atoms with Crippen LogP contribution >= 0.6 is 0 Å². The van der Waals surface area contributed by atoms with Crippen LogP contribution in [-0.4, -0.2) is 30.5 Å². The van der Waals surface area contributed by atoms with E-state index in [-0.39, 0.29) is 12.0 Å². The summed E-state index contributed by atoms with van der Waals surface area (Å²) < 4.78 is 5.89. The molecule has 2 rings (SSSR count). The van der Waals surface area contributed by atoms with E-state index in [1.807, 2.05) is 33.0 Å². The van der Waals surface area contributed by atoms with Crippen LogP contribution in [0.25, 0.3) is 0 Å². The Balaban J connectivity index is 2.22. The van der Waals surface area contributed by atoms with E-state index >= 15 is 0 Å². The summed E-state index contributed by atoms with van der Waals surface area (Å²) in [7, 11) is 1.81. The van der Waals surface area contributed by atoms with Crippen LogP contribution in [0.15, 0.2) is 12.1 Å². The van der Waals surface area contributed by atoms with Crippen molar-refractivity contribution in [2.24, 2.45) is 5.73 Å². The zero-order valence-electron chi connectivity index (χ0n) is 11.2. The van der Waals surface area contributed by atoms with Gasteiger partial charge in [0.2, 0.25) is 0 Å². The van der Waals surface area contributed by atoms with E-state index < -0.39 is 0 Å². The molecule has 1 saturated heterocycles. The molecule has 1 atom stereocenters. The molecule has 4 heteroatoms. The Labute approximate surface area is 108 Å². The molecule has 0 spiro atoms. The summed E-state index contributed by atoms with van der Waals surface area (Å²) in [6.07, 6.45) is 0.420. The van der Waals surface area contributed by atoms with Crippen LogP contribution in [0, 0.1) is 13.8 Å². The van der Waals surface area contributed by atoms with Gasteiger partial charge in [-0.25, -0.2) is 0 Å². The lowest BCUT2D eigenvalue weighted by atomic mass is 10.1. The van der Waals surface area contributed by atoms with Gasteiger partial charge in [-0.05, 0) is 30.5 Å². The average Bonchev–Trinajstić information content (AvgIpc) is 2.65. The molecule has 1 amide bonds. The molecule has 0 aromatic heterocycles. The van der Waals surface area contributed by atoms with Gasteiger partial charge in [0.1, 0.15) is 5.75 Å². The quantitative estimate of drug-likeness (QED) is 0.879. The van der Waals surface area contributed by atoms with Crippen LogP contribution in [-0.2, 0) is 11.3 Å². The van der Waals surface area contributed by atoms with Gasteiger partial charge in [0, 0.05) is 26.6 Å². The second-order valence-electron chi connectivity index (χ2n) is 4.92. The topological polar surface area (TPSA) is 55.6 Å². The van der Waals surface area contributed by atoms with Crippen molar-refractivity contribution >= 4 is 5.91 Å². The Kier molecular flexibility index (Phi) is 3.57. The van der Waals surface area contributed by atoms with Crippen molar-refractivity contribution < 1.29 is 9.53 Å². The number of hydrogen-bond donors (Lipinski definition) is 1. The highest BCUT2D eigenvalue weighted by molar-refractivity contribution is 5.83. The molecule has 1 fully saturated rings. The van der Waals surface area contributed by atoms with E-state index in [9.17, 15) is 4.79 Å². The number of likely N-dealkylation sites (tertiary alicyclic amines) is 1. The third-order valence-electron chi connectivity index (χ3n) is 3.39. The summed E-state index contributed by atoms with van der Waals surface area (Å²) in [6.45, 7) is 5.27. The fraction of sp³-hybridized carbons (Fsp3) is 0.500. The minimum atomic E-state index is -0.337. The van der Waals surface area contributed by atoms with Gasteiger partial charge in [-0.15, -0.1) is 0 Å². The second kappa shape index (κ2) is 4.98. The number of amides is 1. The van der Waals surface area contributed by atoms with Gasteiger partial charge < -0.3 is 15.4 Å². The lowest BCUT2D eigenvalue weighted by Crippen LogP contribution is -2.29. The first-order valence-corrected chi connectivity index (χ1v) is 6.24. The summed E-state index contributed by atoms with van der Waals surface area (Å²) in [5, 5.41) is 0. The molecule has 0 bridgehead atoms. The van der Waals surface area contributed by atoms with Gasteiger partial charge in [0.05, 0.1) is 0 Å². The molecule has 0 saturated carbocycles. The molecule has 0 aliphatic carbocycles. The highest BCUT2D eigenvalue weighted by atomic mass is 16.5. The molecule has 1 aromatic rings. The van der Waals surface area contributed by atoms with E-state index in [1.165, 1.54) is 0 Å². The molecular formula is C14H20N2O2. The number of benzene rings is 1. The summed E-state index contributed by atoms with van der Waals surface area (Å²) in [5.74, 6) is 0.887. The molecule has 0 radical (unpaired) electrons. The van der Waals surface area contributed by atoms with Crippen LogP contribution in [0.5, 0.6) is 5.75 Å². The van der Waals surface area contributed by atoms with Gasteiger partial charge in [-0.3, -0.25) is 4.79 Å². The Morgan fingerprint density at radius 1 is 1.39 bits per heavy atom. The monoisotopic (exact) mass is 248 g/mol. The fourth-order valence-electron chi connectivity index (χ4n) is 2.39. The third kappa shape index (κ3) is 2.34. The largest absolute Gasteiger partial charge is 0.480 e. The number of hydrogen-bond acceptors (Lipinski definition) is 3. The number of carbonyl (C=O) groups excluding carboxylic acids is 1. The first-order chi connectivity index (χ1) is 8.52. The van der Waals surface area contributed by atoms with Crippen molar-refractivity contribution in [2.45, 2.75) is 32.9 Å². The minimum absolute atomic E-state index is 0.0664. The highest BCUT2D eigenvalue weighted by Gasteiger charge is 2.31. The summed E-state index contributed by atoms with van der Waals surface area (Å²) in [4.78, 5) is 13.5. The number of ether oxygens (including phenoxy) is 1. The number of carbonyl (C=O) groups is 1. The Bertz CT molecular complexity index is 448. The van der Waals surface area contributed by atoms with Crippen molar-refractivity contribution in [3.63, 3.8) is 0 Å². The van der Waals surface area contributed by atoms with Crippen LogP contribution < -0.4 is 10.5 Å². The van der Waals surface area contributed by atoms with E-state index in [1.54, 1.807) is 4.90 Å². The second-order valence-corrected chi connectivity index (χ2v) is 4.92. The number of aryl methyl sites for hydroxylation is 2. The molecule has 2 N–H and O–H groups in total. The normalized spacial score (nSPS) is 19.4. The summed E-state index contributed by atoms with van der Waals surface area (Å²) in [5.41, 5.74) is 8.81. The molecule has 1 aliphatic rings. The first kappa shape index (κ1) is 12.9. The smallest absolute Gasteiger partial charge is 0.263 e. The molecule has 98 valence electrons. The van der Waals surface area contributed by atoms with Gasteiger partial charge in [-0.2, -0.15) is 0 Å². The maximum atomic E-state index is 11.8. The lowest BCUT2D eigenvalue weighted by molar-refractivity contribution is -0.132. The van der Waals surface area contributed by atoms with Crippen molar-refractivity contribution in [1.29, 1.82) is 0 Å². The standard InChI is InChI=1S/C14H20N2O2/c1-9-6-11(8-15)7-10(2)13(9)18-12-4-5-16(3)14(12)17/h6-7,12H,4-5,8,15H2,1-3H3. The number of nitrogens with two attached hydrogens (primary N) is 1. The van der Waals surface area contributed by atoms with Crippen molar-refractivity contribution in [1.82, 2.24) is 4.90 Å². The predicted octanol–water partition coefficient (Wildman–Crippen LogP) is 1.37. The lowest BCUT2D eigenvalue weighted by Gasteiger charge is -2.17. The third-order valence-corrected chi connectivity index (χ3v) is 3.39. The molecule has 18 heavy (non-hydrogen) atoms. The van der Waals surface area contributed by atoms with Gasteiger partial charge in [0.25, 0.3) is 5.91 Å². The molecule has 1 heterocycles. The van der Waals surface area contributed by atoms with E-state index in [0.29, 0.717) is 6.54 Å². The zero-order chi connectivity index (χ0) is 13.3. The zero-order valence-corrected chi connectivity index (χ0v) is 11.2. The molecule has 1 aliphatic heterocycles. The van der Waals surface area contributed by atoms with Crippen molar-refractivity contribution in [3.8, 4) is 5.75 Å².